The number of guanidine groups is 1. The summed E-state index contributed by atoms with van der Waals surface area (Å²) in [4.78, 5) is 21.0. The molecule has 1 N–H and O–H groups in total. The van der Waals surface area contributed by atoms with Crippen molar-refractivity contribution in [1.82, 2.24) is 19.8 Å². The molecular formula is C21H26ClF3N6O2. The van der Waals surface area contributed by atoms with E-state index in [0.29, 0.717) is 18.9 Å². The Morgan fingerprint density at radius 3 is 2.42 bits per heavy atom. The van der Waals surface area contributed by atoms with Gasteiger partial charge in [0.2, 0.25) is 5.28 Å². The molecule has 1 aromatic carbocycles. The number of rotatable bonds is 4. The van der Waals surface area contributed by atoms with E-state index in [4.69, 9.17) is 21.5 Å². The lowest BCUT2D eigenvalue weighted by atomic mass is 10.0. The number of anilines is 1. The van der Waals surface area contributed by atoms with Crippen LogP contribution in [0.1, 0.15) is 41.8 Å². The summed E-state index contributed by atoms with van der Waals surface area (Å²) in [6.45, 7) is 2.27. The molecule has 2 heterocycles. The molecule has 0 amide bonds. The zero-order valence-corrected chi connectivity index (χ0v) is 19.7. The Morgan fingerprint density at radius 2 is 1.88 bits per heavy atom. The molecule has 0 radical (unpaired) electrons. The predicted molar refractivity (Wildman–Crippen MR) is 117 cm³/mol. The molecule has 12 heteroatoms. The highest BCUT2D eigenvalue weighted by Gasteiger charge is 2.34. The topological polar surface area (TPSA) is 87.4 Å². The molecule has 180 valence electrons. The second-order valence-corrected chi connectivity index (χ2v) is 8.06. The second-order valence-electron chi connectivity index (χ2n) is 7.72. The van der Waals surface area contributed by atoms with Crippen LogP contribution in [-0.2, 0) is 17.9 Å². The number of fused-ring (bicyclic) bond motifs is 1. The minimum atomic E-state index is -2.88. The number of hydrogen-bond donors (Lipinski definition) is 1. The van der Waals surface area contributed by atoms with Crippen LogP contribution in [0.15, 0.2) is 18.2 Å². The van der Waals surface area contributed by atoms with Crippen LogP contribution in [-0.4, -0.2) is 65.0 Å². The second kappa shape index (κ2) is 11.2. The summed E-state index contributed by atoms with van der Waals surface area (Å²) in [5, 5.41) is 11.5. The molecule has 33 heavy (non-hydrogen) atoms. The van der Waals surface area contributed by atoms with E-state index < -0.39 is 30.3 Å². The van der Waals surface area contributed by atoms with Crippen molar-refractivity contribution in [2.24, 2.45) is 0 Å². The Bertz CT molecular complexity index is 1030. The summed E-state index contributed by atoms with van der Waals surface area (Å²) >= 11 is 6.13. The van der Waals surface area contributed by atoms with Crippen molar-refractivity contribution in [3.8, 4) is 0 Å². The smallest absolute Gasteiger partial charge is 0.350 e. The molecular weight excluding hydrogens is 461 g/mol. The predicted octanol–water partition coefficient (Wildman–Crippen LogP) is 2.25. The Kier molecular flexibility index (Phi) is 8.86. The fraction of sp³-hybridized carbons (Fsp3) is 0.429. The lowest BCUT2D eigenvalue weighted by Crippen LogP contribution is -2.42. The van der Waals surface area contributed by atoms with Crippen molar-refractivity contribution >= 4 is 29.9 Å². The van der Waals surface area contributed by atoms with Gasteiger partial charge in [-0.05, 0) is 18.5 Å². The van der Waals surface area contributed by atoms with Gasteiger partial charge in [0.25, 0.3) is 6.43 Å². The molecule has 0 unspecified atom stereocenters. The van der Waals surface area contributed by atoms with E-state index in [1.807, 2.05) is 37.7 Å². The first-order valence-electron chi connectivity index (χ1n) is 9.92. The highest BCUT2D eigenvalue weighted by atomic mass is 35.5. The maximum Gasteiger partial charge on any atom is 0.350 e. The third-order valence-corrected chi connectivity index (χ3v) is 5.12. The van der Waals surface area contributed by atoms with Crippen molar-refractivity contribution in [3.05, 3.63) is 51.7 Å². The lowest BCUT2D eigenvalue weighted by Gasteiger charge is -2.20. The quantitative estimate of drug-likeness (QED) is 0.233. The van der Waals surface area contributed by atoms with Crippen LogP contribution in [0, 0.1) is 5.82 Å². The van der Waals surface area contributed by atoms with Gasteiger partial charge in [-0.3, -0.25) is 14.4 Å². The highest BCUT2D eigenvalue weighted by Crippen LogP contribution is 2.33. The van der Waals surface area contributed by atoms with Gasteiger partial charge in [0, 0.05) is 12.0 Å². The summed E-state index contributed by atoms with van der Waals surface area (Å²) in [5.74, 6) is 0.541. The summed E-state index contributed by atoms with van der Waals surface area (Å²) in [7, 11) is 7.82. The van der Waals surface area contributed by atoms with Gasteiger partial charge in [0.05, 0.1) is 57.6 Å². The Labute approximate surface area is 195 Å². The maximum absolute atomic E-state index is 14.6. The van der Waals surface area contributed by atoms with Crippen LogP contribution in [0.5, 0.6) is 0 Å². The monoisotopic (exact) mass is 486 g/mol. The number of nitrogens with one attached hydrogen (secondary N) is 1. The highest BCUT2D eigenvalue weighted by molar-refractivity contribution is 6.28. The van der Waals surface area contributed by atoms with E-state index in [1.54, 1.807) is 6.92 Å². The first kappa shape index (κ1) is 26.2. The Balaban J connectivity index is 0.00000122. The molecule has 2 aromatic rings. The maximum atomic E-state index is 14.6. The molecule has 0 fully saturated rings. The molecule has 1 aliphatic rings. The summed E-state index contributed by atoms with van der Waals surface area (Å²) in [5.41, 5.74) is 1.14. The Hall–Kier alpha value is -3.08. The summed E-state index contributed by atoms with van der Waals surface area (Å²) in [6, 6.07) is 3.40. The van der Waals surface area contributed by atoms with Crippen molar-refractivity contribution < 1.29 is 27.6 Å². The molecule has 0 spiro atoms. The van der Waals surface area contributed by atoms with Gasteiger partial charge in [-0.25, -0.2) is 23.1 Å². The third kappa shape index (κ3) is 6.04. The van der Waals surface area contributed by atoms with Gasteiger partial charge < -0.3 is 15.2 Å². The molecule has 0 aliphatic carbocycles. The summed E-state index contributed by atoms with van der Waals surface area (Å²) in [6.07, 6.45) is -2.88. The van der Waals surface area contributed by atoms with Crippen LogP contribution in [0.4, 0.5) is 19.0 Å². The van der Waals surface area contributed by atoms with Crippen LogP contribution in [0.25, 0.3) is 0 Å². The van der Waals surface area contributed by atoms with Gasteiger partial charge in [-0.1, -0.05) is 18.2 Å². The van der Waals surface area contributed by atoms with Gasteiger partial charge in [-0.2, -0.15) is 0 Å². The van der Waals surface area contributed by atoms with Crippen molar-refractivity contribution in [2.75, 3.05) is 33.5 Å². The van der Waals surface area contributed by atoms with Crippen molar-refractivity contribution in [2.45, 2.75) is 32.5 Å². The third-order valence-electron chi connectivity index (χ3n) is 4.95. The number of alkyl halides is 2. The number of carbonyl (C=O) groups is 1. The molecule has 0 bridgehead atoms. The molecule has 3 rings (SSSR count). The van der Waals surface area contributed by atoms with Gasteiger partial charge in [-0.15, -0.1) is 0 Å². The molecule has 1 aromatic heterocycles. The number of carbonyl (C=O) groups excluding carboxylic acids is 1. The van der Waals surface area contributed by atoms with E-state index >= 15 is 0 Å². The van der Waals surface area contributed by atoms with Gasteiger partial charge in [0.1, 0.15) is 18.2 Å². The van der Waals surface area contributed by atoms with Crippen LogP contribution >= 0.6 is 11.6 Å². The number of benzene rings is 1. The molecule has 8 nitrogen and oxygen atoms in total. The van der Waals surface area contributed by atoms with E-state index in [2.05, 4.69) is 20.2 Å². The molecule has 1 aliphatic heterocycles. The van der Waals surface area contributed by atoms with E-state index in [0.717, 1.165) is 23.3 Å². The number of carboxylic acid groups (broad SMARTS) is 1. The first-order valence-corrected chi connectivity index (χ1v) is 10.3. The molecule has 1 atom stereocenters. The fourth-order valence-electron chi connectivity index (χ4n) is 3.81. The number of halogens is 4. The zero-order valence-electron chi connectivity index (χ0n) is 18.9. The van der Waals surface area contributed by atoms with E-state index in [1.165, 1.54) is 12.1 Å². The van der Waals surface area contributed by atoms with Crippen LogP contribution in [0.2, 0.25) is 5.28 Å². The van der Waals surface area contributed by atoms with Crippen molar-refractivity contribution in [3.63, 3.8) is 0 Å². The number of nitrogens with zero attached hydrogens (tertiary/aromatic N) is 5. The van der Waals surface area contributed by atoms with Crippen LogP contribution < -0.4 is 10.4 Å². The SMILES string of the molecule is C[C@@H](Nc1nc(Cl)nc2c1CN(C(N(C)C)=[N+](C)C)C2)c1cccc(C(F)F)c1F.O=C[O-]. The van der Waals surface area contributed by atoms with Gasteiger partial charge in [0.15, 0.2) is 0 Å². The standard InChI is InChI=1S/C20H25ClF3N6.CH2O2/c1-11(12-7-6-8-13(16(12)22)17(23)24)25-18-14-9-30(20(28(2)3)29(4)5)10-15(14)26-19(21)27-18;2-1-3/h6-8,11,17H,9-10H2,1-5H3,(H,25,26,27);1H,(H,2,3)/q+1;/p-1/t11-;/m1./s1. The average molecular weight is 487 g/mol. The Morgan fingerprint density at radius 1 is 1.27 bits per heavy atom. The molecule has 0 saturated heterocycles. The van der Waals surface area contributed by atoms with Crippen molar-refractivity contribution in [1.29, 1.82) is 0 Å². The number of hydrogen-bond acceptors (Lipinski definition) is 5. The van der Waals surface area contributed by atoms with Crippen LogP contribution in [0.3, 0.4) is 0 Å². The summed E-state index contributed by atoms with van der Waals surface area (Å²) < 4.78 is 42.7. The number of aromatic nitrogens is 2. The first-order chi connectivity index (χ1) is 15.5. The normalized spacial score (nSPS) is 13.1. The minimum Gasteiger partial charge on any atom is -0.554 e. The zero-order chi connectivity index (χ0) is 24.9. The fourth-order valence-corrected chi connectivity index (χ4v) is 3.99. The lowest BCUT2D eigenvalue weighted by molar-refractivity contribution is -0.476. The van der Waals surface area contributed by atoms with E-state index in [9.17, 15) is 13.2 Å². The minimum absolute atomic E-state index is 0.0726. The largest absolute Gasteiger partial charge is 0.554 e. The average Bonchev–Trinajstić information content (AvgIpc) is 3.11. The van der Waals surface area contributed by atoms with Gasteiger partial charge >= 0.3 is 5.96 Å². The van der Waals surface area contributed by atoms with E-state index in [-0.39, 0.29) is 10.8 Å². The molecule has 0 saturated carbocycles.